The maximum absolute atomic E-state index is 5.43. The summed E-state index contributed by atoms with van der Waals surface area (Å²) in [5.41, 5.74) is 1.16. The zero-order valence-corrected chi connectivity index (χ0v) is 13.7. The minimum Gasteiger partial charge on any atom is -0.379 e. The van der Waals surface area contributed by atoms with E-state index in [-0.39, 0.29) is 0 Å². The number of rotatable bonds is 4. The van der Waals surface area contributed by atoms with Crippen LogP contribution in [0.3, 0.4) is 0 Å². The third kappa shape index (κ3) is 3.04. The van der Waals surface area contributed by atoms with Crippen molar-refractivity contribution >= 4 is 21.6 Å². The van der Waals surface area contributed by atoms with Crippen LogP contribution in [-0.2, 0) is 4.74 Å². The Hall–Kier alpha value is -1.01. The van der Waals surface area contributed by atoms with Gasteiger partial charge in [0.2, 0.25) is 0 Å². The Kier molecular flexibility index (Phi) is 4.39. The highest BCUT2D eigenvalue weighted by Crippen LogP contribution is 2.36. The van der Waals surface area contributed by atoms with E-state index in [4.69, 9.17) is 9.72 Å². The number of hydrogen-bond acceptors (Lipinski definition) is 5. The number of likely N-dealkylation sites (tertiary alicyclic amines) is 1. The first-order valence-corrected chi connectivity index (χ1v) is 9.11. The highest BCUT2D eigenvalue weighted by atomic mass is 32.1. The molecule has 5 heteroatoms. The first-order chi connectivity index (χ1) is 10.9. The summed E-state index contributed by atoms with van der Waals surface area (Å²) in [6.45, 7) is 7.47. The first-order valence-electron chi connectivity index (χ1n) is 8.30. The van der Waals surface area contributed by atoms with Crippen LogP contribution in [0.4, 0.5) is 0 Å². The molecule has 0 saturated carbocycles. The van der Waals surface area contributed by atoms with Crippen molar-refractivity contribution < 1.29 is 4.74 Å². The molecule has 2 aromatic rings. The zero-order chi connectivity index (χ0) is 14.8. The van der Waals surface area contributed by atoms with Crippen molar-refractivity contribution in [2.45, 2.75) is 18.9 Å². The lowest BCUT2D eigenvalue weighted by molar-refractivity contribution is 0.0327. The molecule has 0 bridgehead atoms. The van der Waals surface area contributed by atoms with Crippen LogP contribution < -0.4 is 0 Å². The summed E-state index contributed by atoms with van der Waals surface area (Å²) in [5.74, 6) is 0. The fourth-order valence-electron chi connectivity index (χ4n) is 3.50. The van der Waals surface area contributed by atoms with Crippen LogP contribution >= 0.6 is 11.3 Å². The molecule has 22 heavy (non-hydrogen) atoms. The molecule has 1 atom stereocenters. The molecule has 0 spiro atoms. The predicted molar refractivity (Wildman–Crippen MR) is 90.4 cm³/mol. The Labute approximate surface area is 135 Å². The third-order valence-corrected chi connectivity index (χ3v) is 5.90. The summed E-state index contributed by atoms with van der Waals surface area (Å²) < 4.78 is 6.75. The van der Waals surface area contributed by atoms with E-state index in [1.54, 1.807) is 0 Å². The molecule has 0 radical (unpaired) electrons. The Morgan fingerprint density at radius 2 is 2.00 bits per heavy atom. The lowest BCUT2D eigenvalue weighted by atomic mass is 10.2. The first kappa shape index (κ1) is 14.6. The van der Waals surface area contributed by atoms with E-state index >= 15 is 0 Å². The summed E-state index contributed by atoms with van der Waals surface area (Å²) in [5, 5.41) is 1.31. The SMILES string of the molecule is c1ccc2sc(C3CCCN3CCN3CCOCC3)nc2c1. The second-order valence-corrected chi connectivity index (χ2v) is 7.23. The number of hydrogen-bond donors (Lipinski definition) is 0. The number of ether oxygens (including phenoxy) is 1. The summed E-state index contributed by atoms with van der Waals surface area (Å²) in [4.78, 5) is 10.0. The zero-order valence-electron chi connectivity index (χ0n) is 12.9. The quantitative estimate of drug-likeness (QED) is 0.867. The third-order valence-electron chi connectivity index (χ3n) is 4.77. The fourth-order valence-corrected chi connectivity index (χ4v) is 4.64. The van der Waals surface area contributed by atoms with Gasteiger partial charge in [-0.05, 0) is 31.5 Å². The second-order valence-electron chi connectivity index (χ2n) is 6.17. The van der Waals surface area contributed by atoms with Crippen molar-refractivity contribution in [1.82, 2.24) is 14.8 Å². The van der Waals surface area contributed by atoms with Crippen LogP contribution in [-0.4, -0.2) is 60.7 Å². The Balaban J connectivity index is 1.43. The normalized spacial score (nSPS) is 24.3. The van der Waals surface area contributed by atoms with E-state index in [1.807, 2.05) is 11.3 Å². The molecular formula is C17H23N3OS. The number of thiazole rings is 1. The molecule has 2 aliphatic heterocycles. The minimum atomic E-state index is 0.526. The molecule has 0 N–H and O–H groups in total. The number of nitrogens with zero attached hydrogens (tertiary/aromatic N) is 3. The maximum atomic E-state index is 5.43. The predicted octanol–water partition coefficient (Wildman–Crippen LogP) is 2.77. The average molecular weight is 317 g/mol. The van der Waals surface area contributed by atoms with Gasteiger partial charge >= 0.3 is 0 Å². The molecule has 118 valence electrons. The van der Waals surface area contributed by atoms with Gasteiger partial charge in [0, 0.05) is 26.2 Å². The smallest absolute Gasteiger partial charge is 0.111 e. The molecule has 1 aromatic carbocycles. The van der Waals surface area contributed by atoms with E-state index < -0.39 is 0 Å². The van der Waals surface area contributed by atoms with E-state index in [0.717, 1.165) is 44.9 Å². The van der Waals surface area contributed by atoms with E-state index in [9.17, 15) is 0 Å². The lowest BCUT2D eigenvalue weighted by Gasteiger charge is -2.30. The van der Waals surface area contributed by atoms with Gasteiger partial charge in [0.1, 0.15) is 5.01 Å². The highest BCUT2D eigenvalue weighted by Gasteiger charge is 2.28. The molecule has 2 aliphatic rings. The van der Waals surface area contributed by atoms with Crippen LogP contribution in [0.5, 0.6) is 0 Å². The molecule has 4 rings (SSSR count). The van der Waals surface area contributed by atoms with Gasteiger partial charge < -0.3 is 4.74 Å². The van der Waals surface area contributed by atoms with Crippen LogP contribution in [0.25, 0.3) is 10.2 Å². The number of morpholine rings is 1. The average Bonchev–Trinajstić information content (AvgIpc) is 3.20. The molecule has 0 aliphatic carbocycles. The lowest BCUT2D eigenvalue weighted by Crippen LogP contribution is -2.41. The van der Waals surface area contributed by atoms with Gasteiger partial charge in [-0.25, -0.2) is 4.98 Å². The number of para-hydroxylation sites is 1. The molecule has 1 aromatic heterocycles. The topological polar surface area (TPSA) is 28.6 Å². The molecular weight excluding hydrogens is 294 g/mol. The van der Waals surface area contributed by atoms with Gasteiger partial charge in [-0.15, -0.1) is 11.3 Å². The number of aromatic nitrogens is 1. The van der Waals surface area contributed by atoms with E-state index in [1.165, 1.54) is 29.1 Å². The molecule has 0 amide bonds. The Morgan fingerprint density at radius 1 is 1.14 bits per heavy atom. The monoisotopic (exact) mass is 317 g/mol. The molecule has 4 nitrogen and oxygen atoms in total. The van der Waals surface area contributed by atoms with Crippen molar-refractivity contribution in [3.63, 3.8) is 0 Å². The fraction of sp³-hybridized carbons (Fsp3) is 0.588. The van der Waals surface area contributed by atoms with Gasteiger partial charge in [-0.2, -0.15) is 0 Å². The van der Waals surface area contributed by atoms with Crippen molar-refractivity contribution in [1.29, 1.82) is 0 Å². The van der Waals surface area contributed by atoms with Crippen LogP contribution in [0.1, 0.15) is 23.9 Å². The number of benzene rings is 1. The molecule has 1 unspecified atom stereocenters. The van der Waals surface area contributed by atoms with Crippen molar-refractivity contribution in [2.24, 2.45) is 0 Å². The van der Waals surface area contributed by atoms with Crippen LogP contribution in [0.15, 0.2) is 24.3 Å². The van der Waals surface area contributed by atoms with Gasteiger partial charge in [-0.3, -0.25) is 9.80 Å². The Morgan fingerprint density at radius 3 is 2.86 bits per heavy atom. The summed E-state index contributed by atoms with van der Waals surface area (Å²) in [7, 11) is 0. The maximum Gasteiger partial charge on any atom is 0.111 e. The van der Waals surface area contributed by atoms with Crippen LogP contribution in [0.2, 0.25) is 0 Å². The molecule has 3 heterocycles. The Bertz CT molecular complexity index is 590. The van der Waals surface area contributed by atoms with Gasteiger partial charge in [0.15, 0.2) is 0 Å². The van der Waals surface area contributed by atoms with Crippen molar-refractivity contribution in [3.05, 3.63) is 29.3 Å². The van der Waals surface area contributed by atoms with Crippen LogP contribution in [0, 0.1) is 0 Å². The molecule has 2 saturated heterocycles. The van der Waals surface area contributed by atoms with Gasteiger partial charge in [0.25, 0.3) is 0 Å². The standard InChI is InChI=1S/C17H23N3OS/c1-2-6-16-14(4-1)18-17(22-16)15-5-3-7-20(15)9-8-19-10-12-21-13-11-19/h1-2,4,6,15H,3,5,7-13H2. The van der Waals surface area contributed by atoms with E-state index in [0.29, 0.717) is 6.04 Å². The van der Waals surface area contributed by atoms with Gasteiger partial charge in [-0.1, -0.05) is 12.1 Å². The van der Waals surface area contributed by atoms with E-state index in [2.05, 4.69) is 34.1 Å². The number of fused-ring (bicyclic) bond motifs is 1. The highest BCUT2D eigenvalue weighted by molar-refractivity contribution is 7.18. The summed E-state index contributed by atoms with van der Waals surface area (Å²) in [6.07, 6.45) is 2.55. The second kappa shape index (κ2) is 6.62. The van der Waals surface area contributed by atoms with Crippen molar-refractivity contribution in [3.8, 4) is 0 Å². The minimum absolute atomic E-state index is 0.526. The molecule has 2 fully saturated rings. The van der Waals surface area contributed by atoms with Gasteiger partial charge in [0.05, 0.1) is 29.5 Å². The van der Waals surface area contributed by atoms with Crippen molar-refractivity contribution in [2.75, 3.05) is 45.9 Å². The summed E-state index contributed by atoms with van der Waals surface area (Å²) >= 11 is 1.87. The largest absolute Gasteiger partial charge is 0.379 e. The summed E-state index contributed by atoms with van der Waals surface area (Å²) in [6, 6.07) is 9.02.